The van der Waals surface area contributed by atoms with E-state index in [0.29, 0.717) is 11.3 Å². The molecule has 2 heterocycles. The van der Waals surface area contributed by atoms with Crippen LogP contribution < -0.4 is 0 Å². The zero-order valence-electron chi connectivity index (χ0n) is 11.3. The molecule has 1 aliphatic heterocycles. The molecule has 1 N–H and O–H groups in total. The van der Waals surface area contributed by atoms with Crippen molar-refractivity contribution >= 4 is 21.2 Å². The number of thiophene rings is 1. The van der Waals surface area contributed by atoms with Gasteiger partial charge in [-0.3, -0.25) is 0 Å². The van der Waals surface area contributed by atoms with Crippen LogP contribution in [0.2, 0.25) is 0 Å². The van der Waals surface area contributed by atoms with E-state index in [1.807, 2.05) is 17.5 Å². The Kier molecular flexibility index (Phi) is 4.12. The topological polar surface area (TPSA) is 63.6 Å². The molecular weight excluding hydrogens is 308 g/mol. The van der Waals surface area contributed by atoms with Crippen LogP contribution in [-0.4, -0.2) is 31.5 Å². The largest absolute Gasteiger partial charge is 0.394 e. The Labute approximate surface area is 127 Å². The number of ether oxygens (including phenoxy) is 1. The predicted octanol–water partition coefficient (Wildman–Crippen LogP) is 2.41. The molecule has 4 nitrogen and oxygen atoms in total. The van der Waals surface area contributed by atoms with Crippen molar-refractivity contribution in [2.75, 3.05) is 6.61 Å². The van der Waals surface area contributed by atoms with E-state index in [2.05, 4.69) is 0 Å². The number of aliphatic hydroxyl groups excluding tert-OH is 1. The molecule has 0 spiro atoms. The molecule has 0 bridgehead atoms. The zero-order valence-corrected chi connectivity index (χ0v) is 12.9. The van der Waals surface area contributed by atoms with E-state index in [4.69, 9.17) is 4.74 Å². The van der Waals surface area contributed by atoms with E-state index in [1.54, 1.807) is 30.3 Å². The second-order valence-corrected chi connectivity index (χ2v) is 8.16. The van der Waals surface area contributed by atoms with Crippen LogP contribution in [0.15, 0.2) is 52.7 Å². The quantitative estimate of drug-likeness (QED) is 0.938. The molecule has 112 valence electrons. The van der Waals surface area contributed by atoms with Crippen LogP contribution in [0.25, 0.3) is 0 Å². The Morgan fingerprint density at radius 1 is 1.19 bits per heavy atom. The maximum absolute atomic E-state index is 12.8. The maximum Gasteiger partial charge on any atom is 0.184 e. The highest BCUT2D eigenvalue weighted by molar-refractivity contribution is 7.92. The van der Waals surface area contributed by atoms with Gasteiger partial charge in [0.15, 0.2) is 9.84 Å². The van der Waals surface area contributed by atoms with E-state index >= 15 is 0 Å². The van der Waals surface area contributed by atoms with Gasteiger partial charge < -0.3 is 9.84 Å². The Hall–Kier alpha value is -1.21. The van der Waals surface area contributed by atoms with Gasteiger partial charge in [-0.15, -0.1) is 11.3 Å². The summed E-state index contributed by atoms with van der Waals surface area (Å²) in [7, 11) is -3.49. The standard InChI is InChI=1S/C15H16O4S2/c16-10-11-9-14(15(19-11)13-7-4-8-20-13)21(17,18)12-5-2-1-3-6-12/h1-8,11,14-16H,9-10H2/t11-,14-,15+/m0/s1. The summed E-state index contributed by atoms with van der Waals surface area (Å²) >= 11 is 1.48. The summed E-state index contributed by atoms with van der Waals surface area (Å²) in [5, 5.41) is 10.6. The fraction of sp³-hybridized carbons (Fsp3) is 0.333. The molecule has 1 aliphatic rings. The lowest BCUT2D eigenvalue weighted by atomic mass is 10.1. The van der Waals surface area contributed by atoms with E-state index in [0.717, 1.165) is 4.88 Å². The third-order valence-electron chi connectivity index (χ3n) is 3.67. The first-order valence-corrected chi connectivity index (χ1v) is 9.14. The highest BCUT2D eigenvalue weighted by Gasteiger charge is 2.44. The lowest BCUT2D eigenvalue weighted by molar-refractivity contribution is 0.0129. The highest BCUT2D eigenvalue weighted by Crippen LogP contribution is 2.41. The summed E-state index contributed by atoms with van der Waals surface area (Å²) in [6, 6.07) is 12.2. The highest BCUT2D eigenvalue weighted by atomic mass is 32.2. The van der Waals surface area contributed by atoms with E-state index in [-0.39, 0.29) is 6.61 Å². The molecule has 1 fully saturated rings. The van der Waals surface area contributed by atoms with Gasteiger partial charge in [0.1, 0.15) is 6.10 Å². The van der Waals surface area contributed by atoms with Gasteiger partial charge >= 0.3 is 0 Å². The monoisotopic (exact) mass is 324 g/mol. The van der Waals surface area contributed by atoms with Crippen molar-refractivity contribution in [2.45, 2.75) is 28.8 Å². The lowest BCUT2D eigenvalue weighted by Crippen LogP contribution is -2.24. The predicted molar refractivity (Wildman–Crippen MR) is 81.1 cm³/mol. The zero-order chi connectivity index (χ0) is 14.9. The van der Waals surface area contributed by atoms with Crippen molar-refractivity contribution in [3.8, 4) is 0 Å². The average molecular weight is 324 g/mol. The minimum Gasteiger partial charge on any atom is -0.394 e. The summed E-state index contributed by atoms with van der Waals surface area (Å²) in [4.78, 5) is 1.19. The van der Waals surface area contributed by atoms with Crippen LogP contribution in [0.5, 0.6) is 0 Å². The molecule has 3 rings (SSSR count). The number of benzene rings is 1. The third kappa shape index (κ3) is 2.76. The molecule has 3 atom stereocenters. The van der Waals surface area contributed by atoms with E-state index < -0.39 is 27.3 Å². The molecule has 6 heteroatoms. The van der Waals surface area contributed by atoms with E-state index in [9.17, 15) is 13.5 Å². The van der Waals surface area contributed by atoms with Crippen molar-refractivity contribution in [2.24, 2.45) is 0 Å². The fourth-order valence-electron chi connectivity index (χ4n) is 2.63. The average Bonchev–Trinajstić information content (AvgIpc) is 3.17. The molecule has 0 amide bonds. The van der Waals surface area contributed by atoms with Gasteiger partial charge in [-0.05, 0) is 30.0 Å². The van der Waals surface area contributed by atoms with Gasteiger partial charge in [0.2, 0.25) is 0 Å². The number of rotatable bonds is 4. The maximum atomic E-state index is 12.8. The van der Waals surface area contributed by atoms with Gasteiger partial charge in [0.25, 0.3) is 0 Å². The van der Waals surface area contributed by atoms with Crippen LogP contribution >= 0.6 is 11.3 Å². The molecule has 2 aromatic rings. The molecule has 1 saturated heterocycles. The molecular formula is C15H16O4S2. The van der Waals surface area contributed by atoms with Crippen molar-refractivity contribution in [3.63, 3.8) is 0 Å². The van der Waals surface area contributed by atoms with Crippen LogP contribution in [0, 0.1) is 0 Å². The molecule has 0 unspecified atom stereocenters. The first-order chi connectivity index (χ1) is 10.1. The minimum absolute atomic E-state index is 0.164. The summed E-state index contributed by atoms with van der Waals surface area (Å²) in [6.07, 6.45) is -0.621. The molecule has 0 saturated carbocycles. The smallest absolute Gasteiger partial charge is 0.184 e. The fourth-order valence-corrected chi connectivity index (χ4v) is 5.43. The number of hydrogen-bond donors (Lipinski definition) is 1. The third-order valence-corrected chi connectivity index (χ3v) is 6.77. The van der Waals surface area contributed by atoms with Gasteiger partial charge in [0, 0.05) is 4.88 Å². The Morgan fingerprint density at radius 3 is 2.57 bits per heavy atom. The molecule has 1 aromatic carbocycles. The molecule has 1 aromatic heterocycles. The summed E-state index contributed by atoms with van der Waals surface area (Å²) in [6.45, 7) is -0.164. The lowest BCUT2D eigenvalue weighted by Gasteiger charge is -2.17. The molecule has 21 heavy (non-hydrogen) atoms. The first kappa shape index (κ1) is 14.7. The Bertz CT molecular complexity index is 680. The van der Waals surface area contributed by atoms with Gasteiger partial charge in [-0.25, -0.2) is 8.42 Å². The number of aliphatic hydroxyl groups is 1. The van der Waals surface area contributed by atoms with Crippen molar-refractivity contribution < 1.29 is 18.3 Å². The van der Waals surface area contributed by atoms with Gasteiger partial charge in [-0.1, -0.05) is 24.3 Å². The number of sulfone groups is 1. The van der Waals surface area contributed by atoms with E-state index in [1.165, 1.54) is 11.3 Å². The van der Waals surface area contributed by atoms with Crippen LogP contribution in [-0.2, 0) is 14.6 Å². The number of hydrogen-bond acceptors (Lipinski definition) is 5. The van der Waals surface area contributed by atoms with Gasteiger partial charge in [-0.2, -0.15) is 0 Å². The molecule has 0 aliphatic carbocycles. The SMILES string of the molecule is O=S(=O)(c1ccccc1)[C@H]1C[C@@H](CO)O[C@@H]1c1cccs1. The summed E-state index contributed by atoms with van der Waals surface area (Å²) in [5.74, 6) is 0. The summed E-state index contributed by atoms with van der Waals surface area (Å²) < 4.78 is 31.4. The van der Waals surface area contributed by atoms with Crippen LogP contribution in [0.3, 0.4) is 0 Å². The molecule has 0 radical (unpaired) electrons. The van der Waals surface area contributed by atoms with Crippen molar-refractivity contribution in [1.82, 2.24) is 0 Å². The van der Waals surface area contributed by atoms with Crippen LogP contribution in [0.1, 0.15) is 17.4 Å². The Morgan fingerprint density at radius 2 is 1.95 bits per heavy atom. The van der Waals surface area contributed by atoms with Crippen molar-refractivity contribution in [3.05, 3.63) is 52.7 Å². The summed E-state index contributed by atoms with van der Waals surface area (Å²) in [5.41, 5.74) is 0. The van der Waals surface area contributed by atoms with Crippen LogP contribution in [0.4, 0.5) is 0 Å². The first-order valence-electron chi connectivity index (χ1n) is 6.71. The van der Waals surface area contributed by atoms with Crippen molar-refractivity contribution in [1.29, 1.82) is 0 Å². The normalized spacial score (nSPS) is 26.0. The second kappa shape index (κ2) is 5.88. The second-order valence-electron chi connectivity index (χ2n) is 5.01. The van der Waals surface area contributed by atoms with Gasteiger partial charge in [0.05, 0.1) is 22.9 Å². The Balaban J connectivity index is 1.98. The minimum atomic E-state index is -3.49.